The quantitative estimate of drug-likeness (QED) is 0.436. The summed E-state index contributed by atoms with van der Waals surface area (Å²) in [5.74, 6) is 0.354. The monoisotopic (exact) mass is 456 g/mol. The van der Waals surface area contributed by atoms with Gasteiger partial charge in [-0.2, -0.15) is 0 Å². The first kappa shape index (κ1) is 20.9. The normalized spacial score (nSPS) is 10.9. The second-order valence-corrected chi connectivity index (χ2v) is 7.55. The molecule has 8 nitrogen and oxygen atoms in total. The number of fused-ring (bicyclic) bond motifs is 1. The van der Waals surface area contributed by atoms with Gasteiger partial charge < -0.3 is 20.4 Å². The largest absolute Gasteiger partial charge is 0.487 e. The molecule has 0 fully saturated rings. The van der Waals surface area contributed by atoms with Gasteiger partial charge in [0.15, 0.2) is 0 Å². The molecule has 3 heterocycles. The molecule has 0 atom stereocenters. The topological polar surface area (TPSA) is 108 Å². The standard InChI is InChI=1S/C21H18Cl2N6O2/c1-12-7-16(29-6-5-25-11-29)13-3-2-4-17(20(13)28-12)31-10-14-15(22)8-26-21(19(14)23)27-9-18(24)30/h2-8,11H,9-10H2,1H3,(H2,24,30)(H,26,27). The molecule has 0 spiro atoms. The molecule has 1 amide bonds. The molecule has 3 N–H and O–H groups in total. The zero-order valence-electron chi connectivity index (χ0n) is 16.5. The molecule has 0 aliphatic carbocycles. The van der Waals surface area contributed by atoms with Crippen molar-refractivity contribution in [1.82, 2.24) is 19.5 Å². The number of aryl methyl sites for hydroxylation is 1. The SMILES string of the molecule is Cc1cc(-n2ccnc2)c2cccc(OCc3c(Cl)cnc(NCC(N)=O)c3Cl)c2n1. The molecule has 31 heavy (non-hydrogen) atoms. The second kappa shape index (κ2) is 8.79. The number of ether oxygens (including phenoxy) is 1. The average molecular weight is 457 g/mol. The highest BCUT2D eigenvalue weighted by molar-refractivity contribution is 6.37. The van der Waals surface area contributed by atoms with Crippen LogP contribution in [0.1, 0.15) is 11.3 Å². The van der Waals surface area contributed by atoms with Gasteiger partial charge in [-0.05, 0) is 19.1 Å². The van der Waals surface area contributed by atoms with E-state index in [0.29, 0.717) is 27.7 Å². The molecule has 4 aromatic rings. The summed E-state index contributed by atoms with van der Waals surface area (Å²) < 4.78 is 8.00. The number of primary amides is 1. The van der Waals surface area contributed by atoms with Crippen molar-refractivity contribution in [2.75, 3.05) is 11.9 Å². The lowest BCUT2D eigenvalue weighted by molar-refractivity contribution is -0.116. The highest BCUT2D eigenvalue weighted by Gasteiger charge is 2.15. The van der Waals surface area contributed by atoms with E-state index in [4.69, 9.17) is 33.7 Å². The maximum absolute atomic E-state index is 11.0. The van der Waals surface area contributed by atoms with Gasteiger partial charge >= 0.3 is 0 Å². The molecule has 0 unspecified atom stereocenters. The number of aromatic nitrogens is 4. The number of carbonyl (C=O) groups excluding carboxylic acids is 1. The first-order valence-electron chi connectivity index (χ1n) is 9.30. The number of rotatable bonds is 7. The van der Waals surface area contributed by atoms with Gasteiger partial charge in [0.25, 0.3) is 0 Å². The van der Waals surface area contributed by atoms with Gasteiger partial charge in [-0.25, -0.2) is 15.0 Å². The number of benzene rings is 1. The number of anilines is 1. The third kappa shape index (κ3) is 4.40. The summed E-state index contributed by atoms with van der Waals surface area (Å²) >= 11 is 12.7. The highest BCUT2D eigenvalue weighted by atomic mass is 35.5. The first-order chi connectivity index (χ1) is 14.9. The van der Waals surface area contributed by atoms with E-state index >= 15 is 0 Å². The zero-order valence-corrected chi connectivity index (χ0v) is 18.0. The van der Waals surface area contributed by atoms with Crippen LogP contribution in [0.5, 0.6) is 5.75 Å². The Labute approximate surface area is 188 Å². The van der Waals surface area contributed by atoms with E-state index in [1.165, 1.54) is 6.20 Å². The number of imidazole rings is 1. The number of halogens is 2. The number of nitrogens with one attached hydrogen (secondary N) is 1. The number of para-hydroxylation sites is 1. The maximum atomic E-state index is 11.0. The molecule has 0 aliphatic heterocycles. The van der Waals surface area contributed by atoms with Crippen molar-refractivity contribution in [1.29, 1.82) is 0 Å². The second-order valence-electron chi connectivity index (χ2n) is 6.76. The summed E-state index contributed by atoms with van der Waals surface area (Å²) in [5, 5.41) is 4.31. The van der Waals surface area contributed by atoms with E-state index in [-0.39, 0.29) is 18.2 Å². The van der Waals surface area contributed by atoms with E-state index in [9.17, 15) is 4.79 Å². The lowest BCUT2D eigenvalue weighted by Gasteiger charge is -2.15. The van der Waals surface area contributed by atoms with Crippen LogP contribution >= 0.6 is 23.2 Å². The van der Waals surface area contributed by atoms with Crippen LogP contribution in [0.3, 0.4) is 0 Å². The van der Waals surface area contributed by atoms with Crippen LogP contribution in [-0.2, 0) is 11.4 Å². The predicted octanol–water partition coefficient (Wildman–Crippen LogP) is 3.91. The summed E-state index contributed by atoms with van der Waals surface area (Å²) in [6, 6.07) is 7.69. The third-order valence-corrected chi connectivity index (χ3v) is 5.29. The van der Waals surface area contributed by atoms with Crippen LogP contribution in [-0.4, -0.2) is 32.0 Å². The molecule has 0 saturated carbocycles. The number of nitrogens with zero attached hydrogens (tertiary/aromatic N) is 4. The van der Waals surface area contributed by atoms with Gasteiger partial charge in [0, 0.05) is 35.2 Å². The van der Waals surface area contributed by atoms with Crippen LogP contribution in [0, 0.1) is 6.92 Å². The molecular weight excluding hydrogens is 439 g/mol. The van der Waals surface area contributed by atoms with Crippen LogP contribution < -0.4 is 15.8 Å². The van der Waals surface area contributed by atoms with Crippen molar-refractivity contribution < 1.29 is 9.53 Å². The average Bonchev–Trinajstić information content (AvgIpc) is 3.27. The van der Waals surface area contributed by atoms with Crippen molar-refractivity contribution in [2.45, 2.75) is 13.5 Å². The minimum absolute atomic E-state index is 0.0839. The summed E-state index contributed by atoms with van der Waals surface area (Å²) in [7, 11) is 0. The fraction of sp³-hybridized carbons (Fsp3) is 0.143. The zero-order chi connectivity index (χ0) is 22.0. The smallest absolute Gasteiger partial charge is 0.236 e. The lowest BCUT2D eigenvalue weighted by Crippen LogP contribution is -2.22. The molecule has 0 bridgehead atoms. The number of nitrogens with two attached hydrogens (primary N) is 1. The molecule has 10 heteroatoms. The minimum atomic E-state index is -0.531. The fourth-order valence-electron chi connectivity index (χ4n) is 3.14. The minimum Gasteiger partial charge on any atom is -0.487 e. The van der Waals surface area contributed by atoms with Gasteiger partial charge in [-0.15, -0.1) is 0 Å². The van der Waals surface area contributed by atoms with Gasteiger partial charge in [0.2, 0.25) is 5.91 Å². The van der Waals surface area contributed by atoms with Crippen LogP contribution in [0.15, 0.2) is 49.2 Å². The van der Waals surface area contributed by atoms with Crippen LogP contribution in [0.4, 0.5) is 5.82 Å². The van der Waals surface area contributed by atoms with E-state index in [2.05, 4.69) is 20.3 Å². The summed E-state index contributed by atoms with van der Waals surface area (Å²) in [4.78, 5) is 23.9. The number of carbonyl (C=O) groups is 1. The number of hydrogen-bond acceptors (Lipinski definition) is 6. The molecule has 1 aromatic carbocycles. The van der Waals surface area contributed by atoms with Crippen molar-refractivity contribution in [3.8, 4) is 11.4 Å². The molecule has 0 saturated heterocycles. The van der Waals surface area contributed by atoms with Crippen molar-refractivity contribution in [3.63, 3.8) is 0 Å². The summed E-state index contributed by atoms with van der Waals surface area (Å²) in [5.41, 5.74) is 8.20. The van der Waals surface area contributed by atoms with Crippen molar-refractivity contribution in [2.24, 2.45) is 5.73 Å². The Balaban J connectivity index is 1.68. The molecule has 0 aliphatic rings. The molecular formula is C21H18Cl2N6O2. The Morgan fingerprint density at radius 1 is 1.32 bits per heavy atom. The first-order valence-corrected chi connectivity index (χ1v) is 10.1. The Kier molecular flexibility index (Phi) is 5.92. The Bertz CT molecular complexity index is 1260. The highest BCUT2D eigenvalue weighted by Crippen LogP contribution is 2.33. The number of pyridine rings is 2. The van der Waals surface area contributed by atoms with E-state index < -0.39 is 5.91 Å². The Morgan fingerprint density at radius 3 is 2.90 bits per heavy atom. The lowest BCUT2D eigenvalue weighted by atomic mass is 10.1. The van der Waals surface area contributed by atoms with E-state index in [0.717, 1.165) is 16.8 Å². The molecule has 3 aromatic heterocycles. The molecule has 0 radical (unpaired) electrons. The van der Waals surface area contributed by atoms with Crippen molar-refractivity contribution in [3.05, 3.63) is 70.5 Å². The molecule has 158 valence electrons. The van der Waals surface area contributed by atoms with Gasteiger partial charge in [-0.3, -0.25) is 4.79 Å². The van der Waals surface area contributed by atoms with Crippen molar-refractivity contribution >= 4 is 45.8 Å². The Hall–Kier alpha value is -3.36. The Morgan fingerprint density at radius 2 is 2.16 bits per heavy atom. The summed E-state index contributed by atoms with van der Waals surface area (Å²) in [6.07, 6.45) is 6.77. The third-order valence-electron chi connectivity index (χ3n) is 4.56. The number of amides is 1. The predicted molar refractivity (Wildman–Crippen MR) is 120 cm³/mol. The van der Waals surface area contributed by atoms with Gasteiger partial charge in [0.1, 0.15) is 23.7 Å². The van der Waals surface area contributed by atoms with Crippen LogP contribution in [0.25, 0.3) is 16.6 Å². The number of hydrogen-bond donors (Lipinski definition) is 2. The van der Waals surface area contributed by atoms with E-state index in [1.807, 2.05) is 42.0 Å². The maximum Gasteiger partial charge on any atom is 0.236 e. The van der Waals surface area contributed by atoms with Crippen LogP contribution in [0.2, 0.25) is 10.0 Å². The van der Waals surface area contributed by atoms with Gasteiger partial charge in [0.05, 0.1) is 28.6 Å². The molecule has 4 rings (SSSR count). The summed E-state index contributed by atoms with van der Waals surface area (Å²) in [6.45, 7) is 1.91. The van der Waals surface area contributed by atoms with E-state index in [1.54, 1.807) is 12.5 Å². The van der Waals surface area contributed by atoms with Gasteiger partial charge in [-0.1, -0.05) is 35.3 Å². The fourth-order valence-corrected chi connectivity index (χ4v) is 3.66.